The van der Waals surface area contributed by atoms with Crippen molar-refractivity contribution in [3.8, 4) is 0 Å². The van der Waals surface area contributed by atoms with Crippen LogP contribution in [0, 0.1) is 0 Å². The highest BCUT2D eigenvalue weighted by Crippen LogP contribution is 2.19. The predicted octanol–water partition coefficient (Wildman–Crippen LogP) is 3.89. The Morgan fingerprint density at radius 2 is 2.15 bits per heavy atom. The number of hydrogen-bond acceptors (Lipinski definition) is 3. The molecule has 0 fully saturated rings. The van der Waals surface area contributed by atoms with E-state index >= 15 is 0 Å². The monoisotopic (exact) mass is 308 g/mol. The molecule has 0 atom stereocenters. The lowest BCUT2D eigenvalue weighted by molar-refractivity contribution is 0.0954. The Morgan fingerprint density at radius 1 is 1.40 bits per heavy atom. The molecule has 0 aliphatic carbocycles. The fourth-order valence-electron chi connectivity index (χ4n) is 1.75. The quantitative estimate of drug-likeness (QED) is 0.910. The molecule has 0 saturated carbocycles. The van der Waals surface area contributed by atoms with Crippen LogP contribution in [-0.4, -0.2) is 17.4 Å². The third-order valence-electron chi connectivity index (χ3n) is 2.85. The summed E-state index contributed by atoms with van der Waals surface area (Å²) < 4.78 is 0. The second-order valence-electron chi connectivity index (χ2n) is 4.82. The van der Waals surface area contributed by atoms with Crippen LogP contribution in [-0.2, 0) is 6.42 Å². The molecule has 1 heterocycles. The fraction of sp³-hybridized carbons (Fsp3) is 0.333. The van der Waals surface area contributed by atoms with Gasteiger partial charge in [0.15, 0.2) is 0 Å². The van der Waals surface area contributed by atoms with Crippen LogP contribution >= 0.6 is 22.9 Å². The SMILES string of the molecule is CC(C)c1nc(CCNC(=O)c2ccccc2Cl)cs1. The molecule has 0 bridgehead atoms. The van der Waals surface area contributed by atoms with Gasteiger partial charge in [-0.05, 0) is 12.1 Å². The van der Waals surface area contributed by atoms with E-state index in [-0.39, 0.29) is 5.91 Å². The van der Waals surface area contributed by atoms with Crippen LogP contribution in [0.3, 0.4) is 0 Å². The Bertz CT molecular complexity index is 595. The highest BCUT2D eigenvalue weighted by atomic mass is 35.5. The fourth-order valence-corrected chi connectivity index (χ4v) is 2.84. The van der Waals surface area contributed by atoms with Crippen molar-refractivity contribution in [1.29, 1.82) is 0 Å². The minimum Gasteiger partial charge on any atom is -0.352 e. The summed E-state index contributed by atoms with van der Waals surface area (Å²) in [6.07, 6.45) is 0.736. The van der Waals surface area contributed by atoms with Crippen LogP contribution in [0.1, 0.15) is 40.8 Å². The maximum absolute atomic E-state index is 12.0. The number of amides is 1. The van der Waals surface area contributed by atoms with E-state index < -0.39 is 0 Å². The van der Waals surface area contributed by atoms with Crippen molar-refractivity contribution in [2.75, 3.05) is 6.54 Å². The number of nitrogens with zero attached hydrogens (tertiary/aromatic N) is 1. The van der Waals surface area contributed by atoms with Gasteiger partial charge in [-0.2, -0.15) is 0 Å². The molecule has 0 radical (unpaired) electrons. The zero-order valence-electron chi connectivity index (χ0n) is 11.5. The summed E-state index contributed by atoms with van der Waals surface area (Å²) in [5.41, 5.74) is 1.54. The summed E-state index contributed by atoms with van der Waals surface area (Å²) in [6, 6.07) is 7.04. The number of aromatic nitrogens is 1. The summed E-state index contributed by atoms with van der Waals surface area (Å²) >= 11 is 7.65. The Hall–Kier alpha value is -1.39. The van der Waals surface area contributed by atoms with Crippen LogP contribution < -0.4 is 5.32 Å². The van der Waals surface area contributed by atoms with Crippen molar-refractivity contribution in [3.05, 3.63) is 50.9 Å². The van der Waals surface area contributed by atoms with E-state index in [1.165, 1.54) is 0 Å². The Morgan fingerprint density at radius 3 is 2.80 bits per heavy atom. The zero-order valence-corrected chi connectivity index (χ0v) is 13.1. The minimum atomic E-state index is -0.144. The summed E-state index contributed by atoms with van der Waals surface area (Å²) in [6.45, 7) is 4.81. The maximum atomic E-state index is 12.0. The molecular weight excluding hydrogens is 292 g/mol. The second kappa shape index (κ2) is 6.86. The van der Waals surface area contributed by atoms with Crippen LogP contribution in [0.25, 0.3) is 0 Å². The van der Waals surface area contributed by atoms with Crippen molar-refractivity contribution in [3.63, 3.8) is 0 Å². The van der Waals surface area contributed by atoms with Gasteiger partial charge in [0.25, 0.3) is 5.91 Å². The van der Waals surface area contributed by atoms with Gasteiger partial charge in [0.1, 0.15) is 0 Å². The molecule has 0 aliphatic rings. The molecule has 0 unspecified atom stereocenters. The molecule has 0 aliphatic heterocycles. The topological polar surface area (TPSA) is 42.0 Å². The molecule has 2 aromatic rings. The van der Waals surface area contributed by atoms with Crippen molar-refractivity contribution in [2.45, 2.75) is 26.2 Å². The third-order valence-corrected chi connectivity index (χ3v) is 4.37. The van der Waals surface area contributed by atoms with Gasteiger partial charge in [0.05, 0.1) is 21.3 Å². The number of nitrogens with one attached hydrogen (secondary N) is 1. The van der Waals surface area contributed by atoms with Crippen LogP contribution in [0.5, 0.6) is 0 Å². The highest BCUT2D eigenvalue weighted by molar-refractivity contribution is 7.09. The van der Waals surface area contributed by atoms with Gasteiger partial charge in [-0.1, -0.05) is 37.6 Å². The van der Waals surface area contributed by atoms with Crippen molar-refractivity contribution >= 4 is 28.8 Å². The summed E-state index contributed by atoms with van der Waals surface area (Å²) in [5.74, 6) is 0.307. The molecule has 1 aromatic carbocycles. The van der Waals surface area contributed by atoms with Crippen LogP contribution in [0.4, 0.5) is 0 Å². The maximum Gasteiger partial charge on any atom is 0.252 e. The first-order valence-electron chi connectivity index (χ1n) is 6.55. The largest absolute Gasteiger partial charge is 0.352 e. The van der Waals surface area contributed by atoms with E-state index in [1.54, 1.807) is 29.5 Å². The highest BCUT2D eigenvalue weighted by Gasteiger charge is 2.09. The molecule has 106 valence electrons. The number of carbonyl (C=O) groups is 1. The second-order valence-corrected chi connectivity index (χ2v) is 6.11. The van der Waals surface area contributed by atoms with E-state index in [9.17, 15) is 4.79 Å². The summed E-state index contributed by atoms with van der Waals surface area (Å²) in [4.78, 5) is 16.5. The molecule has 1 aromatic heterocycles. The van der Waals surface area contributed by atoms with E-state index in [0.717, 1.165) is 17.1 Å². The lowest BCUT2D eigenvalue weighted by atomic mass is 10.2. The normalized spacial score (nSPS) is 10.8. The van der Waals surface area contributed by atoms with Crippen LogP contribution in [0.15, 0.2) is 29.6 Å². The lowest BCUT2D eigenvalue weighted by Gasteiger charge is -2.05. The van der Waals surface area contributed by atoms with Crippen molar-refractivity contribution in [1.82, 2.24) is 10.3 Å². The van der Waals surface area contributed by atoms with Crippen molar-refractivity contribution in [2.24, 2.45) is 0 Å². The Balaban J connectivity index is 1.86. The standard InChI is InChI=1S/C15H17ClN2OS/c1-10(2)15-18-11(9-20-15)7-8-17-14(19)12-5-3-4-6-13(12)16/h3-6,9-10H,7-8H2,1-2H3,(H,17,19). The number of rotatable bonds is 5. The first-order valence-corrected chi connectivity index (χ1v) is 7.80. The molecule has 5 heteroatoms. The van der Waals surface area contributed by atoms with Gasteiger partial charge >= 0.3 is 0 Å². The Kier molecular flexibility index (Phi) is 5.15. The molecular formula is C15H17ClN2OS. The average molecular weight is 309 g/mol. The van der Waals surface area contributed by atoms with E-state index in [1.807, 2.05) is 6.07 Å². The molecule has 1 N–H and O–H groups in total. The molecule has 2 rings (SSSR count). The average Bonchev–Trinajstić information content (AvgIpc) is 2.88. The summed E-state index contributed by atoms with van der Waals surface area (Å²) in [7, 11) is 0. The van der Waals surface area contributed by atoms with Crippen LogP contribution in [0.2, 0.25) is 5.02 Å². The van der Waals surface area contributed by atoms with E-state index in [4.69, 9.17) is 11.6 Å². The number of halogens is 1. The molecule has 0 saturated heterocycles. The smallest absolute Gasteiger partial charge is 0.252 e. The predicted molar refractivity (Wildman–Crippen MR) is 83.7 cm³/mol. The minimum absolute atomic E-state index is 0.144. The van der Waals surface area contributed by atoms with Gasteiger partial charge in [-0.15, -0.1) is 11.3 Å². The molecule has 20 heavy (non-hydrogen) atoms. The van der Waals surface area contributed by atoms with Gasteiger partial charge < -0.3 is 5.32 Å². The molecule has 1 amide bonds. The van der Waals surface area contributed by atoms with Gasteiger partial charge in [-0.25, -0.2) is 4.98 Å². The Labute approximate surface area is 128 Å². The zero-order chi connectivity index (χ0) is 14.5. The number of carbonyl (C=O) groups excluding carboxylic acids is 1. The number of hydrogen-bond donors (Lipinski definition) is 1. The van der Waals surface area contributed by atoms with Gasteiger partial charge in [0.2, 0.25) is 0 Å². The van der Waals surface area contributed by atoms with E-state index in [2.05, 4.69) is 29.5 Å². The van der Waals surface area contributed by atoms with E-state index in [0.29, 0.717) is 23.0 Å². The molecule has 0 spiro atoms. The first kappa shape index (κ1) is 15.0. The summed E-state index contributed by atoms with van der Waals surface area (Å²) in [5, 5.41) is 6.53. The third kappa shape index (κ3) is 3.81. The van der Waals surface area contributed by atoms with Gasteiger partial charge in [0, 0.05) is 24.3 Å². The van der Waals surface area contributed by atoms with Gasteiger partial charge in [-0.3, -0.25) is 4.79 Å². The lowest BCUT2D eigenvalue weighted by Crippen LogP contribution is -2.26. The first-order chi connectivity index (χ1) is 9.58. The number of thiazole rings is 1. The molecule has 3 nitrogen and oxygen atoms in total. The number of benzene rings is 1. The van der Waals surface area contributed by atoms with Crippen molar-refractivity contribution < 1.29 is 4.79 Å².